The Morgan fingerprint density at radius 1 is 0.956 bits per heavy atom. The summed E-state index contributed by atoms with van der Waals surface area (Å²) in [6, 6.07) is 16.3. The number of carboxylic acids is 1. The number of rotatable bonds is 12. The molecule has 0 bridgehead atoms. The average molecular weight is 631 g/mol. The summed E-state index contributed by atoms with van der Waals surface area (Å²) < 4.78 is 18.1. The number of carboxylic acid groups (broad SMARTS) is 1. The Morgan fingerprint density at radius 3 is 2.22 bits per heavy atom. The standard InChI is InChI=1S/C34H36O7.C2H6.2Na/c1-4-11-30-24(6-3)33(38)26-14-16-29(25(34(26)41-30)15-17-32(36)37)39-18-10-19-40-31-21-28(35)27(20-22(31)5-2)23-12-8-7-9-13-23;1-2;;/h6-9,11-14,16,20-21,35H,4-5,10,15,17-19H2,1-3H3,(H,36,37);1-2H3;;/q;;2*+1/p-2/b24-6+,30-11+;;;. The van der Waals surface area contributed by atoms with Crippen LogP contribution < -0.4 is 94.9 Å². The summed E-state index contributed by atoms with van der Waals surface area (Å²) in [7, 11) is 0. The largest absolute Gasteiger partial charge is 1.00 e. The van der Waals surface area contributed by atoms with Crippen LogP contribution in [0.2, 0.25) is 0 Å². The summed E-state index contributed by atoms with van der Waals surface area (Å²) in [5.74, 6) is -0.299. The smallest absolute Gasteiger partial charge is 0.872 e. The Kier molecular flexibility index (Phi) is 18.5. The Morgan fingerprint density at radius 2 is 1.62 bits per heavy atom. The van der Waals surface area contributed by atoms with Crippen molar-refractivity contribution in [1.29, 1.82) is 0 Å². The Labute approximate surface area is 309 Å². The predicted molar refractivity (Wildman–Crippen MR) is 168 cm³/mol. The molecule has 228 valence electrons. The first-order valence-corrected chi connectivity index (χ1v) is 15.0. The van der Waals surface area contributed by atoms with Gasteiger partial charge in [0.2, 0.25) is 0 Å². The molecule has 0 amide bonds. The Hall–Kier alpha value is -2.52. The van der Waals surface area contributed by atoms with E-state index in [4.69, 9.17) is 13.9 Å². The first kappa shape index (κ1) is 40.5. The minimum atomic E-state index is -1.20. The molecule has 4 rings (SSSR count). The molecule has 0 aliphatic heterocycles. The topological polar surface area (TPSA) is 112 Å². The van der Waals surface area contributed by atoms with E-state index >= 15 is 0 Å². The summed E-state index contributed by atoms with van der Waals surface area (Å²) in [6.07, 6.45) is 5.29. The fourth-order valence-electron chi connectivity index (χ4n) is 4.82. The van der Waals surface area contributed by atoms with Crippen molar-refractivity contribution in [3.63, 3.8) is 0 Å². The minimum Gasteiger partial charge on any atom is -0.872 e. The third-order valence-electron chi connectivity index (χ3n) is 6.87. The molecule has 0 atom stereocenters. The van der Waals surface area contributed by atoms with Crippen LogP contribution in [-0.2, 0) is 17.6 Å². The minimum absolute atomic E-state index is 0. The number of fused-ring (bicyclic) bond motifs is 1. The summed E-state index contributed by atoms with van der Waals surface area (Å²) >= 11 is 0. The first-order valence-electron chi connectivity index (χ1n) is 15.0. The Balaban J connectivity index is 0.00000248. The quantitative estimate of drug-likeness (QED) is 0.141. The van der Waals surface area contributed by atoms with Crippen LogP contribution >= 0.6 is 0 Å². The molecule has 0 fully saturated rings. The average Bonchev–Trinajstić information content (AvgIpc) is 3.02. The third-order valence-corrected chi connectivity index (χ3v) is 6.87. The van der Waals surface area contributed by atoms with Crippen LogP contribution in [0.4, 0.5) is 0 Å². The fourth-order valence-corrected chi connectivity index (χ4v) is 4.82. The van der Waals surface area contributed by atoms with E-state index in [1.807, 2.05) is 70.2 Å². The van der Waals surface area contributed by atoms with Crippen LogP contribution in [0.3, 0.4) is 0 Å². The molecule has 0 saturated carbocycles. The predicted octanol–water partition coefficient (Wildman–Crippen LogP) is -1.35. The third kappa shape index (κ3) is 10.5. The van der Waals surface area contributed by atoms with Crippen molar-refractivity contribution in [2.75, 3.05) is 13.2 Å². The van der Waals surface area contributed by atoms with E-state index in [1.54, 1.807) is 25.1 Å². The van der Waals surface area contributed by atoms with Gasteiger partial charge in [-0.3, -0.25) is 4.79 Å². The van der Waals surface area contributed by atoms with E-state index in [2.05, 4.69) is 0 Å². The summed E-state index contributed by atoms with van der Waals surface area (Å²) in [5.41, 5.74) is 3.58. The molecule has 0 saturated heterocycles. The zero-order chi connectivity index (χ0) is 31.4. The molecule has 3 aromatic carbocycles. The van der Waals surface area contributed by atoms with Crippen LogP contribution in [0.1, 0.15) is 65.0 Å². The van der Waals surface area contributed by atoms with E-state index in [0.717, 1.165) is 11.1 Å². The number of carbonyl (C=O) groups is 1. The van der Waals surface area contributed by atoms with E-state index in [9.17, 15) is 19.8 Å². The summed E-state index contributed by atoms with van der Waals surface area (Å²) in [6.45, 7) is 10.3. The van der Waals surface area contributed by atoms with Crippen molar-refractivity contribution in [3.8, 4) is 28.4 Å². The van der Waals surface area contributed by atoms with Gasteiger partial charge in [-0.05, 0) is 79.6 Å². The molecule has 7 nitrogen and oxygen atoms in total. The second kappa shape index (κ2) is 20.6. The number of aryl methyl sites for hydroxylation is 2. The van der Waals surface area contributed by atoms with Gasteiger partial charge >= 0.3 is 59.1 Å². The molecule has 0 aliphatic carbocycles. The van der Waals surface area contributed by atoms with Crippen LogP contribution in [-0.4, -0.2) is 19.2 Å². The molecule has 9 heteroatoms. The van der Waals surface area contributed by atoms with Crippen molar-refractivity contribution in [3.05, 3.63) is 86.6 Å². The van der Waals surface area contributed by atoms with Crippen molar-refractivity contribution in [2.45, 2.75) is 66.7 Å². The normalized spacial score (nSPS) is 11.2. The van der Waals surface area contributed by atoms with Gasteiger partial charge in [-0.15, -0.1) is 0 Å². The van der Waals surface area contributed by atoms with Crippen molar-refractivity contribution in [1.82, 2.24) is 0 Å². The second-order valence-electron chi connectivity index (χ2n) is 9.63. The number of benzene rings is 3. The van der Waals surface area contributed by atoms with Gasteiger partial charge in [-0.2, -0.15) is 0 Å². The summed E-state index contributed by atoms with van der Waals surface area (Å²) in [4.78, 5) is 24.4. The number of aliphatic carboxylic acids is 1. The number of carbonyl (C=O) groups excluding carboxylic acids is 1. The van der Waals surface area contributed by atoms with E-state index in [0.29, 0.717) is 70.1 Å². The van der Waals surface area contributed by atoms with Gasteiger partial charge in [0.25, 0.3) is 0 Å². The van der Waals surface area contributed by atoms with Gasteiger partial charge in [0, 0.05) is 18.0 Å². The maximum absolute atomic E-state index is 13.1. The summed E-state index contributed by atoms with van der Waals surface area (Å²) in [5, 5.41) is 24.9. The molecule has 45 heavy (non-hydrogen) atoms. The Bertz CT molecular complexity index is 1710. The van der Waals surface area contributed by atoms with E-state index < -0.39 is 5.97 Å². The number of hydrogen-bond donors (Lipinski definition) is 0. The monoisotopic (exact) mass is 630 g/mol. The molecule has 0 unspecified atom stereocenters. The molecule has 0 radical (unpaired) electrons. The van der Waals surface area contributed by atoms with E-state index in [-0.39, 0.29) is 89.7 Å². The van der Waals surface area contributed by atoms with Crippen LogP contribution in [0.5, 0.6) is 17.2 Å². The van der Waals surface area contributed by atoms with Gasteiger partial charge in [0.1, 0.15) is 22.5 Å². The van der Waals surface area contributed by atoms with Crippen LogP contribution in [0.15, 0.2) is 63.8 Å². The molecule has 4 aromatic rings. The van der Waals surface area contributed by atoms with Gasteiger partial charge in [0.05, 0.1) is 23.8 Å². The van der Waals surface area contributed by atoms with Crippen LogP contribution in [0.25, 0.3) is 34.2 Å². The van der Waals surface area contributed by atoms with Gasteiger partial charge in [0.15, 0.2) is 5.43 Å². The number of ether oxygens (including phenoxy) is 2. The van der Waals surface area contributed by atoms with Crippen molar-refractivity contribution in [2.24, 2.45) is 0 Å². The fraction of sp³-hybridized carbons (Fsp3) is 0.333. The molecular formula is C36H40Na2O7. The number of hydrogen-bond acceptors (Lipinski definition) is 7. The van der Waals surface area contributed by atoms with E-state index in [1.165, 1.54) is 6.07 Å². The molecule has 1 heterocycles. The van der Waals surface area contributed by atoms with Gasteiger partial charge < -0.3 is 28.9 Å². The first-order chi connectivity index (χ1) is 20.9. The van der Waals surface area contributed by atoms with Gasteiger partial charge in [-0.25, -0.2) is 0 Å². The molecule has 0 N–H and O–H groups in total. The zero-order valence-corrected chi connectivity index (χ0v) is 31.7. The zero-order valence-electron chi connectivity index (χ0n) is 27.7. The maximum atomic E-state index is 13.1. The van der Waals surface area contributed by atoms with Crippen molar-refractivity contribution >= 4 is 29.1 Å². The maximum Gasteiger partial charge on any atom is 1.00 e. The SMILES string of the molecule is C/C=c1/c(=O)c2ccc(OCCCOc3cc([O-])c(-c4ccccc4)cc3CC)c(CCC(=O)[O-])c2o/c1=C/CC.CC.[Na+].[Na+]. The molecular weight excluding hydrogens is 590 g/mol. The van der Waals surface area contributed by atoms with Crippen molar-refractivity contribution < 1.29 is 88.0 Å². The molecule has 0 spiro atoms. The molecule has 1 aromatic heterocycles. The molecule has 0 aliphatic rings. The second-order valence-corrected chi connectivity index (χ2v) is 9.63. The van der Waals surface area contributed by atoms with Crippen LogP contribution in [0, 0.1) is 0 Å². The van der Waals surface area contributed by atoms with Gasteiger partial charge in [-0.1, -0.05) is 69.9 Å².